The van der Waals surface area contributed by atoms with E-state index in [4.69, 9.17) is 0 Å². The maximum absolute atomic E-state index is 11.1. The Morgan fingerprint density at radius 3 is 2.86 bits per heavy atom. The molecule has 0 bridgehead atoms. The monoisotopic (exact) mass is 284 g/mol. The van der Waals surface area contributed by atoms with Crippen LogP contribution < -0.4 is 10.2 Å². The molecule has 21 heavy (non-hydrogen) atoms. The number of ether oxygens (including phenoxy) is 1. The molecule has 0 spiro atoms. The molecule has 0 atom stereocenters. The topological polar surface area (TPSA) is 67.3 Å². The number of nitrogens with zero attached hydrogens (tertiary/aromatic N) is 3. The highest BCUT2D eigenvalue weighted by Crippen LogP contribution is 2.31. The Balaban J connectivity index is 1.83. The first-order valence-corrected chi connectivity index (χ1v) is 6.82. The van der Waals surface area contributed by atoms with Crippen LogP contribution in [0.4, 0.5) is 22.1 Å². The lowest BCUT2D eigenvalue weighted by Crippen LogP contribution is -2.25. The van der Waals surface area contributed by atoms with Gasteiger partial charge in [0.1, 0.15) is 0 Å². The van der Waals surface area contributed by atoms with Gasteiger partial charge in [-0.15, -0.1) is 10.2 Å². The summed E-state index contributed by atoms with van der Waals surface area (Å²) in [4.78, 5) is 13.3. The summed E-state index contributed by atoms with van der Waals surface area (Å²) in [6.07, 6.45) is 1.61. The molecule has 0 radical (unpaired) electrons. The third kappa shape index (κ3) is 2.79. The van der Waals surface area contributed by atoms with Crippen LogP contribution in [0.15, 0.2) is 36.4 Å². The molecule has 1 aromatic heterocycles. The van der Waals surface area contributed by atoms with Gasteiger partial charge >= 0.3 is 6.09 Å². The summed E-state index contributed by atoms with van der Waals surface area (Å²) in [6, 6.07) is 11.9. The number of carbonyl (C=O) groups is 1. The Bertz CT molecular complexity index is 642. The standard InChI is InChI=1S/C15H16N4O2/c1-21-15(20)16-13-8-9-14(18-17-13)19-10-4-6-11-5-2-3-7-12(11)19/h2-3,5,7-9H,4,6,10H2,1H3,(H,16,17,20). The average molecular weight is 284 g/mol. The Morgan fingerprint density at radius 1 is 1.24 bits per heavy atom. The van der Waals surface area contributed by atoms with E-state index in [1.807, 2.05) is 12.1 Å². The van der Waals surface area contributed by atoms with Crippen molar-refractivity contribution >= 4 is 23.4 Å². The van der Waals surface area contributed by atoms with Crippen LogP contribution in [-0.4, -0.2) is 29.9 Å². The number of rotatable bonds is 2. The van der Waals surface area contributed by atoms with Crippen LogP contribution in [0, 0.1) is 0 Å². The summed E-state index contributed by atoms with van der Waals surface area (Å²) in [5.74, 6) is 1.15. The van der Waals surface area contributed by atoms with E-state index in [0.29, 0.717) is 5.82 Å². The molecule has 1 aliphatic rings. The smallest absolute Gasteiger partial charge is 0.412 e. The highest BCUT2D eigenvalue weighted by atomic mass is 16.5. The summed E-state index contributed by atoms with van der Waals surface area (Å²) in [6.45, 7) is 0.912. The number of methoxy groups -OCH3 is 1. The first-order valence-electron chi connectivity index (χ1n) is 6.82. The van der Waals surface area contributed by atoms with E-state index in [-0.39, 0.29) is 0 Å². The van der Waals surface area contributed by atoms with E-state index in [2.05, 4.69) is 43.4 Å². The van der Waals surface area contributed by atoms with E-state index < -0.39 is 6.09 Å². The van der Waals surface area contributed by atoms with Crippen LogP contribution in [0.3, 0.4) is 0 Å². The maximum atomic E-state index is 11.1. The van der Waals surface area contributed by atoms with Crippen molar-refractivity contribution < 1.29 is 9.53 Å². The molecular formula is C15H16N4O2. The fourth-order valence-corrected chi connectivity index (χ4v) is 2.46. The van der Waals surface area contributed by atoms with Gasteiger partial charge in [0.25, 0.3) is 0 Å². The van der Waals surface area contributed by atoms with Crippen molar-refractivity contribution in [2.24, 2.45) is 0 Å². The largest absolute Gasteiger partial charge is 0.453 e. The molecule has 2 heterocycles. The summed E-state index contributed by atoms with van der Waals surface area (Å²) >= 11 is 0. The molecule has 0 saturated carbocycles. The first kappa shape index (κ1) is 13.4. The number of fused-ring (bicyclic) bond motifs is 1. The molecule has 2 aromatic rings. The van der Waals surface area contributed by atoms with Gasteiger partial charge in [-0.05, 0) is 36.6 Å². The Kier molecular flexibility index (Phi) is 3.68. The zero-order valence-corrected chi connectivity index (χ0v) is 11.7. The molecule has 6 heteroatoms. The third-order valence-electron chi connectivity index (χ3n) is 3.45. The number of benzene rings is 1. The third-order valence-corrected chi connectivity index (χ3v) is 3.45. The van der Waals surface area contributed by atoms with Gasteiger partial charge in [-0.3, -0.25) is 5.32 Å². The molecule has 3 rings (SSSR count). The van der Waals surface area contributed by atoms with Gasteiger partial charge in [0.2, 0.25) is 0 Å². The number of amides is 1. The lowest BCUT2D eigenvalue weighted by molar-refractivity contribution is 0.187. The fraction of sp³-hybridized carbons (Fsp3) is 0.267. The van der Waals surface area contributed by atoms with Crippen LogP contribution in [0.5, 0.6) is 0 Å². The minimum Gasteiger partial charge on any atom is -0.453 e. The minimum absolute atomic E-state index is 0.371. The Labute approximate surface area is 122 Å². The molecule has 6 nitrogen and oxygen atoms in total. The molecule has 1 aromatic carbocycles. The fourth-order valence-electron chi connectivity index (χ4n) is 2.46. The molecule has 1 amide bonds. The molecule has 0 unspecified atom stereocenters. The van der Waals surface area contributed by atoms with Crippen molar-refractivity contribution in [3.05, 3.63) is 42.0 Å². The Hall–Kier alpha value is -2.63. The van der Waals surface area contributed by atoms with Gasteiger partial charge in [0.05, 0.1) is 7.11 Å². The van der Waals surface area contributed by atoms with Gasteiger partial charge in [0.15, 0.2) is 11.6 Å². The van der Waals surface area contributed by atoms with E-state index in [1.165, 1.54) is 18.4 Å². The lowest BCUT2D eigenvalue weighted by Gasteiger charge is -2.29. The second kappa shape index (κ2) is 5.78. The molecule has 0 aliphatic carbocycles. The summed E-state index contributed by atoms with van der Waals surface area (Å²) in [5.41, 5.74) is 2.49. The first-order chi connectivity index (χ1) is 10.3. The number of carbonyl (C=O) groups excluding carboxylic acids is 1. The van der Waals surface area contributed by atoms with E-state index in [0.717, 1.165) is 25.2 Å². The van der Waals surface area contributed by atoms with Crippen molar-refractivity contribution in [3.8, 4) is 0 Å². The van der Waals surface area contributed by atoms with Gasteiger partial charge in [0, 0.05) is 12.2 Å². The number of para-hydroxylation sites is 1. The Morgan fingerprint density at radius 2 is 2.10 bits per heavy atom. The van der Waals surface area contributed by atoms with Crippen LogP contribution in [0.25, 0.3) is 0 Å². The van der Waals surface area contributed by atoms with Gasteiger partial charge in [-0.25, -0.2) is 4.79 Å². The quantitative estimate of drug-likeness (QED) is 0.918. The zero-order valence-electron chi connectivity index (χ0n) is 11.7. The predicted octanol–water partition coefficient (Wildman–Crippen LogP) is 2.74. The van der Waals surface area contributed by atoms with Crippen LogP contribution in [-0.2, 0) is 11.2 Å². The molecular weight excluding hydrogens is 268 g/mol. The van der Waals surface area contributed by atoms with E-state index in [1.54, 1.807) is 6.07 Å². The van der Waals surface area contributed by atoms with Gasteiger partial charge in [-0.2, -0.15) is 0 Å². The van der Waals surface area contributed by atoms with Crippen LogP contribution in [0.2, 0.25) is 0 Å². The molecule has 1 N–H and O–H groups in total. The normalized spacial score (nSPS) is 13.5. The van der Waals surface area contributed by atoms with Crippen molar-refractivity contribution in [2.75, 3.05) is 23.9 Å². The number of anilines is 3. The summed E-state index contributed by atoms with van der Waals surface area (Å²) < 4.78 is 4.52. The lowest BCUT2D eigenvalue weighted by atomic mass is 10.0. The molecule has 0 fully saturated rings. The molecule has 108 valence electrons. The van der Waals surface area contributed by atoms with E-state index >= 15 is 0 Å². The number of aromatic nitrogens is 2. The average Bonchev–Trinajstić information content (AvgIpc) is 2.55. The van der Waals surface area contributed by atoms with Gasteiger partial charge in [-0.1, -0.05) is 18.2 Å². The number of hydrogen-bond acceptors (Lipinski definition) is 5. The SMILES string of the molecule is COC(=O)Nc1ccc(N2CCCc3ccccc32)nn1. The number of hydrogen-bond donors (Lipinski definition) is 1. The highest BCUT2D eigenvalue weighted by Gasteiger charge is 2.19. The van der Waals surface area contributed by atoms with Crippen molar-refractivity contribution in [2.45, 2.75) is 12.8 Å². The minimum atomic E-state index is -0.555. The second-order valence-corrected chi connectivity index (χ2v) is 4.78. The summed E-state index contributed by atoms with van der Waals surface area (Å²) in [7, 11) is 1.31. The van der Waals surface area contributed by atoms with E-state index in [9.17, 15) is 4.79 Å². The molecule has 0 saturated heterocycles. The zero-order chi connectivity index (χ0) is 14.7. The van der Waals surface area contributed by atoms with Crippen LogP contribution in [0.1, 0.15) is 12.0 Å². The van der Waals surface area contributed by atoms with Crippen LogP contribution >= 0.6 is 0 Å². The number of nitrogens with one attached hydrogen (secondary N) is 1. The van der Waals surface area contributed by atoms with Crippen molar-refractivity contribution in [3.63, 3.8) is 0 Å². The number of aryl methyl sites for hydroxylation is 1. The van der Waals surface area contributed by atoms with Gasteiger partial charge < -0.3 is 9.64 Å². The second-order valence-electron chi connectivity index (χ2n) is 4.78. The maximum Gasteiger partial charge on any atom is 0.412 e. The van der Waals surface area contributed by atoms with Crippen molar-refractivity contribution in [1.29, 1.82) is 0 Å². The molecule has 1 aliphatic heterocycles. The highest BCUT2D eigenvalue weighted by molar-refractivity contribution is 5.83. The summed E-state index contributed by atoms with van der Waals surface area (Å²) in [5, 5.41) is 10.7. The predicted molar refractivity (Wildman–Crippen MR) is 79.8 cm³/mol. The van der Waals surface area contributed by atoms with Crippen molar-refractivity contribution in [1.82, 2.24) is 10.2 Å².